The lowest BCUT2D eigenvalue weighted by atomic mass is 10.2. The van der Waals surface area contributed by atoms with E-state index in [2.05, 4.69) is 42.4 Å². The van der Waals surface area contributed by atoms with Gasteiger partial charge < -0.3 is 5.11 Å². The maximum Gasteiger partial charge on any atom is 0.271 e. The predicted octanol–water partition coefficient (Wildman–Crippen LogP) is 4.99. The van der Waals surface area contributed by atoms with E-state index in [4.69, 9.17) is 23.2 Å². The molecule has 0 spiro atoms. The Balaban J connectivity index is 2.14. The lowest BCUT2D eigenvalue weighted by molar-refractivity contribution is 0.0955. The molecule has 0 bridgehead atoms. The minimum absolute atomic E-state index is 0.108. The summed E-state index contributed by atoms with van der Waals surface area (Å²) in [4.78, 5) is 12.0. The van der Waals surface area contributed by atoms with Crippen molar-refractivity contribution in [1.82, 2.24) is 5.43 Å². The van der Waals surface area contributed by atoms with Crippen LogP contribution < -0.4 is 5.43 Å². The van der Waals surface area contributed by atoms with E-state index in [0.29, 0.717) is 16.1 Å². The zero-order valence-electron chi connectivity index (χ0n) is 10.8. The van der Waals surface area contributed by atoms with Crippen LogP contribution in [-0.4, -0.2) is 17.2 Å². The van der Waals surface area contributed by atoms with Gasteiger partial charge in [-0.1, -0.05) is 55.1 Å². The van der Waals surface area contributed by atoms with Crippen molar-refractivity contribution < 1.29 is 9.90 Å². The molecule has 1 amide bonds. The van der Waals surface area contributed by atoms with Crippen LogP contribution in [0.5, 0.6) is 5.75 Å². The first-order valence-electron chi connectivity index (χ1n) is 5.84. The van der Waals surface area contributed by atoms with Crippen LogP contribution in [0.25, 0.3) is 0 Å². The molecule has 0 heterocycles. The number of rotatable bonds is 3. The number of nitrogens with one attached hydrogen (secondary N) is 1. The third-order valence-electron chi connectivity index (χ3n) is 2.55. The third kappa shape index (κ3) is 4.46. The van der Waals surface area contributed by atoms with E-state index in [1.807, 2.05) is 6.07 Å². The van der Waals surface area contributed by atoms with E-state index in [1.165, 1.54) is 18.3 Å². The second-order valence-electron chi connectivity index (χ2n) is 4.18. The summed E-state index contributed by atoms with van der Waals surface area (Å²) < 4.78 is 1.52. The largest absolute Gasteiger partial charge is 0.506 e. The van der Waals surface area contributed by atoms with Gasteiger partial charge in [0, 0.05) is 25.1 Å². The van der Waals surface area contributed by atoms with E-state index in [0.717, 1.165) is 8.95 Å². The number of hydrazone groups is 1. The van der Waals surface area contributed by atoms with Gasteiger partial charge in [-0.15, -0.1) is 0 Å². The number of carbonyl (C=O) groups excluding carboxylic acids is 1. The van der Waals surface area contributed by atoms with Crippen LogP contribution in [0.2, 0.25) is 10.0 Å². The summed E-state index contributed by atoms with van der Waals surface area (Å²) in [5.74, 6) is -0.555. The monoisotopic (exact) mass is 464 g/mol. The highest BCUT2D eigenvalue weighted by Gasteiger charge is 2.08. The molecule has 2 aromatic carbocycles. The van der Waals surface area contributed by atoms with E-state index < -0.39 is 5.91 Å². The molecule has 0 unspecified atom stereocenters. The van der Waals surface area contributed by atoms with E-state index in [-0.39, 0.29) is 10.8 Å². The Morgan fingerprint density at radius 1 is 1.14 bits per heavy atom. The fraction of sp³-hybridized carbons (Fsp3) is 0. The molecule has 2 aromatic rings. The van der Waals surface area contributed by atoms with Crippen molar-refractivity contribution in [3.63, 3.8) is 0 Å². The Morgan fingerprint density at radius 3 is 2.41 bits per heavy atom. The summed E-state index contributed by atoms with van der Waals surface area (Å²) in [7, 11) is 0. The predicted molar refractivity (Wildman–Crippen MR) is 95.0 cm³/mol. The van der Waals surface area contributed by atoms with Gasteiger partial charge in [0.2, 0.25) is 0 Å². The second kappa shape index (κ2) is 7.46. The number of carbonyl (C=O) groups is 1. The standard InChI is InChI=1S/C14H8Br2Cl2N2O2/c15-9-1-7(2-10(16)4-9)14(22)20-19-6-8-3-11(17)5-12(18)13(8)21/h1-6,21H,(H,20,22)/b19-6+. The Bertz CT molecular complexity index is 746. The van der Waals surface area contributed by atoms with Crippen molar-refractivity contribution in [2.24, 2.45) is 5.10 Å². The van der Waals surface area contributed by atoms with Gasteiger partial charge in [-0.05, 0) is 30.3 Å². The number of phenolic OH excluding ortho intramolecular Hbond substituents is 1. The molecule has 0 aromatic heterocycles. The zero-order chi connectivity index (χ0) is 16.3. The van der Waals surface area contributed by atoms with E-state index in [1.54, 1.807) is 12.1 Å². The van der Waals surface area contributed by atoms with Gasteiger partial charge in [0.1, 0.15) is 5.75 Å². The van der Waals surface area contributed by atoms with Crippen LogP contribution in [0.4, 0.5) is 0 Å². The summed E-state index contributed by atoms with van der Waals surface area (Å²) in [5, 5.41) is 14.0. The molecule has 0 aliphatic carbocycles. The van der Waals surface area contributed by atoms with Gasteiger partial charge in [-0.2, -0.15) is 5.10 Å². The Labute approximate surface area is 153 Å². The van der Waals surface area contributed by atoms with Crippen LogP contribution in [-0.2, 0) is 0 Å². The smallest absolute Gasteiger partial charge is 0.271 e. The van der Waals surface area contributed by atoms with E-state index in [9.17, 15) is 9.90 Å². The quantitative estimate of drug-likeness (QED) is 0.494. The van der Waals surface area contributed by atoms with Gasteiger partial charge in [-0.3, -0.25) is 4.79 Å². The molecule has 2 rings (SSSR count). The SMILES string of the molecule is O=C(N/N=C/c1cc(Cl)cc(Cl)c1O)c1cc(Br)cc(Br)c1. The fourth-order valence-electron chi connectivity index (χ4n) is 1.59. The number of benzene rings is 2. The summed E-state index contributed by atoms with van der Waals surface area (Å²) >= 11 is 18.2. The summed E-state index contributed by atoms with van der Waals surface area (Å²) in [6, 6.07) is 8.01. The minimum atomic E-state index is -0.397. The topological polar surface area (TPSA) is 61.7 Å². The van der Waals surface area contributed by atoms with Crippen molar-refractivity contribution >= 4 is 67.2 Å². The highest BCUT2D eigenvalue weighted by Crippen LogP contribution is 2.29. The highest BCUT2D eigenvalue weighted by molar-refractivity contribution is 9.11. The molecular formula is C14H8Br2Cl2N2O2. The van der Waals surface area contributed by atoms with Crippen molar-refractivity contribution in [2.75, 3.05) is 0 Å². The zero-order valence-corrected chi connectivity index (χ0v) is 15.5. The molecule has 0 fully saturated rings. The molecule has 0 radical (unpaired) electrons. The molecule has 0 aliphatic rings. The van der Waals surface area contributed by atoms with Crippen molar-refractivity contribution in [3.8, 4) is 5.75 Å². The van der Waals surface area contributed by atoms with Crippen LogP contribution in [0.15, 0.2) is 44.4 Å². The minimum Gasteiger partial charge on any atom is -0.506 e. The summed E-state index contributed by atoms with van der Waals surface area (Å²) in [6.45, 7) is 0. The molecule has 114 valence electrons. The third-order valence-corrected chi connectivity index (χ3v) is 3.97. The average Bonchev–Trinajstić information content (AvgIpc) is 2.42. The van der Waals surface area contributed by atoms with Crippen LogP contribution in [0.3, 0.4) is 0 Å². The Hall–Kier alpha value is -1.08. The Kier molecular flexibility index (Phi) is 5.86. The molecule has 0 atom stereocenters. The molecular weight excluding hydrogens is 459 g/mol. The van der Waals surface area contributed by atoms with Crippen molar-refractivity contribution in [2.45, 2.75) is 0 Å². The first kappa shape index (κ1) is 17.3. The molecule has 8 heteroatoms. The number of amides is 1. The fourth-order valence-corrected chi connectivity index (χ4v) is 3.40. The maximum absolute atomic E-state index is 12.0. The number of aromatic hydroxyl groups is 1. The first-order valence-corrected chi connectivity index (χ1v) is 8.18. The average molecular weight is 467 g/mol. The van der Waals surface area contributed by atoms with Crippen molar-refractivity contribution in [1.29, 1.82) is 0 Å². The second-order valence-corrected chi connectivity index (χ2v) is 6.86. The summed E-state index contributed by atoms with van der Waals surface area (Å²) in [5.41, 5.74) is 3.08. The Morgan fingerprint density at radius 2 is 1.77 bits per heavy atom. The maximum atomic E-state index is 12.0. The van der Waals surface area contributed by atoms with Crippen LogP contribution >= 0.6 is 55.1 Å². The normalized spacial score (nSPS) is 10.9. The molecule has 0 saturated carbocycles. The highest BCUT2D eigenvalue weighted by atomic mass is 79.9. The van der Waals surface area contributed by atoms with Gasteiger partial charge >= 0.3 is 0 Å². The van der Waals surface area contributed by atoms with Gasteiger partial charge in [0.15, 0.2) is 0 Å². The van der Waals surface area contributed by atoms with Crippen molar-refractivity contribution in [3.05, 3.63) is 60.4 Å². The number of nitrogens with zero attached hydrogens (tertiary/aromatic N) is 1. The molecule has 2 N–H and O–H groups in total. The van der Waals surface area contributed by atoms with Crippen LogP contribution in [0.1, 0.15) is 15.9 Å². The number of halogens is 4. The molecule has 4 nitrogen and oxygen atoms in total. The van der Waals surface area contributed by atoms with E-state index >= 15 is 0 Å². The summed E-state index contributed by atoms with van der Waals surface area (Å²) in [6.07, 6.45) is 1.26. The molecule has 0 saturated heterocycles. The number of hydrogen-bond acceptors (Lipinski definition) is 3. The number of hydrogen-bond donors (Lipinski definition) is 2. The molecule has 22 heavy (non-hydrogen) atoms. The first-order chi connectivity index (χ1) is 10.4. The van der Waals surface area contributed by atoms with Crippen LogP contribution in [0, 0.1) is 0 Å². The van der Waals surface area contributed by atoms with Gasteiger partial charge in [-0.25, -0.2) is 5.43 Å². The number of phenols is 1. The lowest BCUT2D eigenvalue weighted by Gasteiger charge is -2.04. The lowest BCUT2D eigenvalue weighted by Crippen LogP contribution is -2.17. The molecule has 0 aliphatic heterocycles. The van der Waals surface area contributed by atoms with Gasteiger partial charge in [0.05, 0.1) is 11.2 Å². The van der Waals surface area contributed by atoms with Gasteiger partial charge in [0.25, 0.3) is 5.91 Å².